The molecule has 0 saturated heterocycles. The second-order valence-corrected chi connectivity index (χ2v) is 5.22. The molecule has 0 fully saturated rings. The summed E-state index contributed by atoms with van der Waals surface area (Å²) in [4.78, 5) is 0.462. The maximum absolute atomic E-state index is 12.6. The van der Waals surface area contributed by atoms with Crippen LogP contribution in [0.2, 0.25) is 0 Å². The fourth-order valence-electron chi connectivity index (χ4n) is 1.19. The molecule has 1 aromatic carbocycles. The second-order valence-electron chi connectivity index (χ2n) is 3.40. The van der Waals surface area contributed by atoms with Crippen molar-refractivity contribution in [3.63, 3.8) is 0 Å². The quantitative estimate of drug-likeness (QED) is 0.608. The van der Waals surface area contributed by atoms with Crippen molar-refractivity contribution in [2.24, 2.45) is 0 Å². The maximum atomic E-state index is 12.6. The maximum Gasteiger partial charge on any atom is 0.417 e. The third-order valence-corrected chi connectivity index (χ3v) is 3.71. The lowest BCUT2D eigenvalue weighted by molar-refractivity contribution is -0.137. The molecule has 1 unspecified atom stereocenters. The van der Waals surface area contributed by atoms with Gasteiger partial charge in [0.05, 0.1) is 17.2 Å². The van der Waals surface area contributed by atoms with Crippen LogP contribution in [0.5, 0.6) is 0 Å². The topological polar surface area (TPSA) is 23.8 Å². The molecule has 0 radical (unpaired) electrons. The summed E-state index contributed by atoms with van der Waals surface area (Å²) in [6.45, 7) is 1.82. The molecular weight excluding hydrogens is 271 g/mol. The Balaban J connectivity index is 3.11. The van der Waals surface area contributed by atoms with E-state index >= 15 is 0 Å². The zero-order chi connectivity index (χ0) is 13.1. The van der Waals surface area contributed by atoms with Crippen molar-refractivity contribution in [2.75, 3.05) is 5.88 Å². The number of hydrogen-bond acceptors (Lipinski definition) is 2. The molecule has 0 heterocycles. The molecule has 1 atom stereocenters. The first-order valence-corrected chi connectivity index (χ1v) is 6.14. The molecule has 0 saturated carbocycles. The highest BCUT2D eigenvalue weighted by atomic mass is 35.5. The van der Waals surface area contributed by atoms with Gasteiger partial charge in [-0.15, -0.1) is 23.4 Å². The molecular formula is C11H9ClF3NS. The van der Waals surface area contributed by atoms with Crippen LogP contribution in [0.3, 0.4) is 0 Å². The molecule has 0 bridgehead atoms. The van der Waals surface area contributed by atoms with Gasteiger partial charge in [0.2, 0.25) is 0 Å². The molecule has 0 N–H and O–H groups in total. The van der Waals surface area contributed by atoms with E-state index in [0.29, 0.717) is 10.8 Å². The molecule has 0 aliphatic carbocycles. The third-order valence-electron chi connectivity index (χ3n) is 1.97. The van der Waals surface area contributed by atoms with E-state index in [9.17, 15) is 13.2 Å². The fraction of sp³-hybridized carbons (Fsp3) is 0.364. The Morgan fingerprint density at radius 1 is 1.47 bits per heavy atom. The van der Waals surface area contributed by atoms with Crippen LogP contribution in [0.4, 0.5) is 13.2 Å². The molecule has 0 amide bonds. The summed E-state index contributed by atoms with van der Waals surface area (Å²) in [6, 6.07) is 5.22. The minimum atomic E-state index is -4.51. The van der Waals surface area contributed by atoms with Gasteiger partial charge < -0.3 is 0 Å². The van der Waals surface area contributed by atoms with Crippen molar-refractivity contribution in [1.82, 2.24) is 0 Å². The summed E-state index contributed by atoms with van der Waals surface area (Å²) in [6.07, 6.45) is -4.51. The summed E-state index contributed by atoms with van der Waals surface area (Å²) in [5.41, 5.74) is -1.26. The highest BCUT2D eigenvalue weighted by Crippen LogP contribution is 2.35. The van der Waals surface area contributed by atoms with E-state index in [1.807, 2.05) is 6.92 Å². The van der Waals surface area contributed by atoms with Crippen LogP contribution in [0.25, 0.3) is 0 Å². The van der Waals surface area contributed by atoms with Gasteiger partial charge in [-0.3, -0.25) is 0 Å². The third kappa shape index (κ3) is 3.83. The summed E-state index contributed by atoms with van der Waals surface area (Å²) in [7, 11) is 0. The standard InChI is InChI=1S/C11H9ClF3NS/c1-7(5-12)17-9-3-2-8(6-16)10(4-9)11(13,14)15/h2-4,7H,5H2,1H3. The van der Waals surface area contributed by atoms with Crippen molar-refractivity contribution in [2.45, 2.75) is 23.2 Å². The van der Waals surface area contributed by atoms with Crippen molar-refractivity contribution in [1.29, 1.82) is 5.26 Å². The van der Waals surface area contributed by atoms with E-state index in [4.69, 9.17) is 16.9 Å². The zero-order valence-electron chi connectivity index (χ0n) is 8.88. The zero-order valence-corrected chi connectivity index (χ0v) is 10.5. The lowest BCUT2D eigenvalue weighted by atomic mass is 10.1. The Labute approximate surface area is 107 Å². The predicted octanol–water partition coefficient (Wildman–Crippen LogP) is 4.30. The lowest BCUT2D eigenvalue weighted by Crippen LogP contribution is -2.08. The monoisotopic (exact) mass is 279 g/mol. The summed E-state index contributed by atoms with van der Waals surface area (Å²) >= 11 is 6.85. The largest absolute Gasteiger partial charge is 0.417 e. The van der Waals surface area contributed by atoms with Crippen LogP contribution < -0.4 is 0 Å². The molecule has 0 aliphatic rings. The Morgan fingerprint density at radius 2 is 2.12 bits per heavy atom. The first-order valence-electron chi connectivity index (χ1n) is 4.72. The molecule has 6 heteroatoms. The molecule has 0 aromatic heterocycles. The van der Waals surface area contributed by atoms with Gasteiger partial charge in [-0.05, 0) is 18.2 Å². The van der Waals surface area contributed by atoms with E-state index in [1.54, 1.807) is 6.07 Å². The van der Waals surface area contributed by atoms with Gasteiger partial charge in [0, 0.05) is 16.0 Å². The first kappa shape index (κ1) is 14.2. The minimum Gasteiger partial charge on any atom is -0.192 e. The van der Waals surface area contributed by atoms with E-state index in [0.717, 1.165) is 6.07 Å². The number of nitrogens with zero attached hydrogens (tertiary/aromatic N) is 1. The normalized spacial score (nSPS) is 13.2. The Hall–Kier alpha value is -0.860. The summed E-state index contributed by atoms with van der Waals surface area (Å²) < 4.78 is 37.9. The number of halogens is 4. The number of alkyl halides is 4. The van der Waals surface area contributed by atoms with Gasteiger partial charge in [-0.25, -0.2) is 0 Å². The molecule has 1 rings (SSSR count). The van der Waals surface area contributed by atoms with E-state index < -0.39 is 11.7 Å². The van der Waals surface area contributed by atoms with Gasteiger partial charge >= 0.3 is 6.18 Å². The van der Waals surface area contributed by atoms with E-state index in [-0.39, 0.29) is 10.8 Å². The number of benzene rings is 1. The van der Waals surface area contributed by atoms with Crippen LogP contribution in [0.1, 0.15) is 18.1 Å². The summed E-state index contributed by atoms with van der Waals surface area (Å²) in [5.74, 6) is 0.353. The summed E-state index contributed by atoms with van der Waals surface area (Å²) in [5, 5.41) is 8.64. The second kappa shape index (κ2) is 5.65. The SMILES string of the molecule is CC(CCl)Sc1ccc(C#N)c(C(F)(F)F)c1. The van der Waals surface area contributed by atoms with Crippen molar-refractivity contribution in [3.8, 4) is 6.07 Å². The fourth-order valence-corrected chi connectivity index (χ4v) is 2.24. The minimum absolute atomic E-state index is 0.0192. The number of nitriles is 1. The molecule has 92 valence electrons. The van der Waals surface area contributed by atoms with Crippen LogP contribution in [-0.2, 0) is 6.18 Å². The van der Waals surface area contributed by atoms with Crippen molar-refractivity contribution < 1.29 is 13.2 Å². The Kier molecular flexibility index (Phi) is 4.72. The van der Waals surface area contributed by atoms with Gasteiger partial charge in [-0.2, -0.15) is 18.4 Å². The number of hydrogen-bond donors (Lipinski definition) is 0. The predicted molar refractivity (Wildman–Crippen MR) is 62.2 cm³/mol. The average Bonchev–Trinajstić information content (AvgIpc) is 2.27. The molecule has 1 aromatic rings. The van der Waals surface area contributed by atoms with Crippen LogP contribution in [0.15, 0.2) is 23.1 Å². The van der Waals surface area contributed by atoms with E-state index in [1.165, 1.54) is 23.9 Å². The van der Waals surface area contributed by atoms with Crippen molar-refractivity contribution in [3.05, 3.63) is 29.3 Å². The molecule has 0 aliphatic heterocycles. The van der Waals surface area contributed by atoms with Gasteiger partial charge in [0.25, 0.3) is 0 Å². The van der Waals surface area contributed by atoms with Gasteiger partial charge in [0.1, 0.15) is 0 Å². The Bertz CT molecular complexity index is 439. The molecule has 17 heavy (non-hydrogen) atoms. The first-order chi connectivity index (χ1) is 7.88. The van der Waals surface area contributed by atoms with E-state index in [2.05, 4.69) is 0 Å². The number of thioether (sulfide) groups is 1. The highest BCUT2D eigenvalue weighted by molar-refractivity contribution is 8.00. The van der Waals surface area contributed by atoms with Crippen molar-refractivity contribution >= 4 is 23.4 Å². The average molecular weight is 280 g/mol. The lowest BCUT2D eigenvalue weighted by Gasteiger charge is -2.12. The smallest absolute Gasteiger partial charge is 0.192 e. The molecule has 0 spiro atoms. The van der Waals surface area contributed by atoms with Crippen LogP contribution in [0, 0.1) is 11.3 Å². The highest BCUT2D eigenvalue weighted by Gasteiger charge is 2.33. The van der Waals surface area contributed by atoms with Gasteiger partial charge in [0.15, 0.2) is 0 Å². The van der Waals surface area contributed by atoms with Crippen LogP contribution >= 0.6 is 23.4 Å². The van der Waals surface area contributed by atoms with Gasteiger partial charge in [-0.1, -0.05) is 6.92 Å². The van der Waals surface area contributed by atoms with Crippen LogP contribution in [-0.4, -0.2) is 11.1 Å². The number of rotatable bonds is 3. The molecule has 1 nitrogen and oxygen atoms in total. The Morgan fingerprint density at radius 3 is 2.59 bits per heavy atom.